The van der Waals surface area contributed by atoms with Gasteiger partial charge >= 0.3 is 0 Å². The molecule has 3 N–H and O–H groups in total. The van der Waals surface area contributed by atoms with Gasteiger partial charge in [-0.05, 0) is 40.4 Å². The van der Waals surface area contributed by atoms with Crippen LogP contribution in [0.25, 0.3) is 0 Å². The van der Waals surface area contributed by atoms with Gasteiger partial charge in [0.15, 0.2) is 0 Å². The highest BCUT2D eigenvalue weighted by Gasteiger charge is 2.03. The van der Waals surface area contributed by atoms with Crippen molar-refractivity contribution in [3.63, 3.8) is 0 Å². The van der Waals surface area contributed by atoms with Crippen molar-refractivity contribution in [2.24, 2.45) is 0 Å². The summed E-state index contributed by atoms with van der Waals surface area (Å²) in [5.41, 5.74) is 0. The Morgan fingerprint density at radius 1 is 1.36 bits per heavy atom. The molecule has 0 aromatic carbocycles. The van der Waals surface area contributed by atoms with Crippen LogP contribution in [0, 0.1) is 0 Å². The second-order valence-electron chi connectivity index (χ2n) is 3.97. The second-order valence-corrected chi connectivity index (χ2v) is 3.97. The van der Waals surface area contributed by atoms with Gasteiger partial charge in [0.25, 0.3) is 0 Å². The maximum absolute atomic E-state index is 9.03. The van der Waals surface area contributed by atoms with E-state index in [-0.39, 0.29) is 6.61 Å². The molecule has 0 radical (unpaired) electrons. The van der Waals surface area contributed by atoms with E-state index in [1.165, 1.54) is 0 Å². The first kappa shape index (κ1) is 13.8. The van der Waals surface area contributed by atoms with Gasteiger partial charge in [-0.1, -0.05) is 0 Å². The van der Waals surface area contributed by atoms with Crippen LogP contribution in [0.2, 0.25) is 0 Å². The monoisotopic (exact) mass is 204 g/mol. The zero-order valence-electron chi connectivity index (χ0n) is 9.53. The van der Waals surface area contributed by atoms with E-state index in [0.29, 0.717) is 12.6 Å². The molecule has 0 rings (SSSR count). The van der Waals surface area contributed by atoms with E-state index in [2.05, 4.69) is 31.1 Å². The molecule has 0 spiro atoms. The predicted octanol–water partition coefficient (Wildman–Crippen LogP) is -0.340. The van der Waals surface area contributed by atoms with E-state index in [9.17, 15) is 0 Å². The van der Waals surface area contributed by atoms with Crippen molar-refractivity contribution < 1.29 is 10.2 Å². The molecule has 4 nitrogen and oxygen atoms in total. The first-order valence-corrected chi connectivity index (χ1v) is 5.27. The molecule has 0 amide bonds. The van der Waals surface area contributed by atoms with E-state index in [1.807, 2.05) is 0 Å². The third kappa shape index (κ3) is 7.26. The minimum Gasteiger partial charge on any atom is -0.394 e. The Bertz CT molecular complexity index is 131. The minimum atomic E-state index is -0.627. The molecule has 0 saturated carbocycles. The summed E-state index contributed by atoms with van der Waals surface area (Å²) < 4.78 is 0. The van der Waals surface area contributed by atoms with Gasteiger partial charge in [0.1, 0.15) is 0 Å². The SMILES string of the molecule is CC(C)N(C)CCCNCC(O)CO. The molecule has 0 saturated heterocycles. The number of nitrogens with zero attached hydrogens (tertiary/aromatic N) is 1. The largest absolute Gasteiger partial charge is 0.394 e. The molecule has 0 aliphatic carbocycles. The number of nitrogens with one attached hydrogen (secondary N) is 1. The van der Waals surface area contributed by atoms with Crippen molar-refractivity contribution in [3.05, 3.63) is 0 Å². The van der Waals surface area contributed by atoms with Crippen LogP contribution < -0.4 is 5.32 Å². The molecule has 1 unspecified atom stereocenters. The van der Waals surface area contributed by atoms with Crippen LogP contribution in [-0.2, 0) is 0 Å². The van der Waals surface area contributed by atoms with Gasteiger partial charge < -0.3 is 20.4 Å². The van der Waals surface area contributed by atoms with E-state index in [0.717, 1.165) is 19.5 Å². The van der Waals surface area contributed by atoms with Gasteiger partial charge in [-0.3, -0.25) is 0 Å². The van der Waals surface area contributed by atoms with Gasteiger partial charge in [-0.25, -0.2) is 0 Å². The van der Waals surface area contributed by atoms with Crippen molar-refractivity contribution in [1.82, 2.24) is 10.2 Å². The Labute approximate surface area is 86.9 Å². The zero-order chi connectivity index (χ0) is 11.0. The Kier molecular flexibility index (Phi) is 8.08. The number of rotatable bonds is 8. The van der Waals surface area contributed by atoms with Crippen LogP contribution in [0.5, 0.6) is 0 Å². The van der Waals surface area contributed by atoms with Crippen LogP contribution in [0.15, 0.2) is 0 Å². The molecule has 0 aliphatic heterocycles. The third-order valence-electron chi connectivity index (χ3n) is 2.34. The fraction of sp³-hybridized carbons (Fsp3) is 1.00. The van der Waals surface area contributed by atoms with Crippen LogP contribution in [0.3, 0.4) is 0 Å². The number of aliphatic hydroxyl groups excluding tert-OH is 2. The summed E-state index contributed by atoms with van der Waals surface area (Å²) in [4.78, 5) is 2.28. The molecule has 4 heteroatoms. The van der Waals surface area contributed by atoms with Gasteiger partial charge in [-0.2, -0.15) is 0 Å². The summed E-state index contributed by atoms with van der Waals surface area (Å²) in [5.74, 6) is 0. The van der Waals surface area contributed by atoms with Gasteiger partial charge in [0, 0.05) is 12.6 Å². The average molecular weight is 204 g/mol. The maximum atomic E-state index is 9.03. The lowest BCUT2D eigenvalue weighted by molar-refractivity contribution is 0.0943. The van der Waals surface area contributed by atoms with E-state index in [1.54, 1.807) is 0 Å². The van der Waals surface area contributed by atoms with Gasteiger partial charge in [0.05, 0.1) is 12.7 Å². The molecule has 86 valence electrons. The van der Waals surface area contributed by atoms with Crippen LogP contribution in [0.1, 0.15) is 20.3 Å². The molecule has 0 aromatic heterocycles. The highest BCUT2D eigenvalue weighted by atomic mass is 16.3. The molecular weight excluding hydrogens is 180 g/mol. The standard InChI is InChI=1S/C10H24N2O2/c1-9(2)12(3)6-4-5-11-7-10(14)8-13/h9-11,13-14H,4-8H2,1-3H3. The van der Waals surface area contributed by atoms with E-state index < -0.39 is 6.10 Å². The summed E-state index contributed by atoms with van der Waals surface area (Å²) in [7, 11) is 2.10. The Morgan fingerprint density at radius 3 is 2.50 bits per heavy atom. The molecule has 0 aromatic rings. The Balaban J connectivity index is 3.21. The summed E-state index contributed by atoms with van der Waals surface area (Å²) in [6.45, 7) is 6.58. The van der Waals surface area contributed by atoms with E-state index >= 15 is 0 Å². The fourth-order valence-electron chi connectivity index (χ4n) is 1.04. The number of hydrogen-bond acceptors (Lipinski definition) is 4. The first-order valence-electron chi connectivity index (χ1n) is 5.27. The highest BCUT2D eigenvalue weighted by molar-refractivity contribution is 4.60. The zero-order valence-corrected chi connectivity index (χ0v) is 9.53. The number of hydrogen-bond donors (Lipinski definition) is 3. The van der Waals surface area contributed by atoms with Crippen molar-refractivity contribution in [1.29, 1.82) is 0 Å². The summed E-state index contributed by atoms with van der Waals surface area (Å²) in [5, 5.41) is 20.7. The molecule has 0 aliphatic rings. The Hall–Kier alpha value is -0.160. The topological polar surface area (TPSA) is 55.7 Å². The summed E-state index contributed by atoms with van der Waals surface area (Å²) in [6, 6.07) is 0.582. The fourth-order valence-corrected chi connectivity index (χ4v) is 1.04. The molecule has 0 heterocycles. The molecular formula is C10H24N2O2. The van der Waals surface area contributed by atoms with Crippen LogP contribution >= 0.6 is 0 Å². The van der Waals surface area contributed by atoms with E-state index in [4.69, 9.17) is 10.2 Å². The average Bonchev–Trinajstić information content (AvgIpc) is 2.16. The predicted molar refractivity (Wildman–Crippen MR) is 58.3 cm³/mol. The lowest BCUT2D eigenvalue weighted by Gasteiger charge is -2.20. The van der Waals surface area contributed by atoms with Crippen molar-refractivity contribution in [3.8, 4) is 0 Å². The van der Waals surface area contributed by atoms with Crippen molar-refractivity contribution in [2.45, 2.75) is 32.4 Å². The van der Waals surface area contributed by atoms with Gasteiger partial charge in [-0.15, -0.1) is 0 Å². The minimum absolute atomic E-state index is 0.168. The first-order chi connectivity index (χ1) is 6.57. The van der Waals surface area contributed by atoms with Crippen molar-refractivity contribution >= 4 is 0 Å². The lowest BCUT2D eigenvalue weighted by atomic mass is 10.3. The Morgan fingerprint density at radius 2 is 2.00 bits per heavy atom. The molecule has 1 atom stereocenters. The summed E-state index contributed by atoms with van der Waals surface area (Å²) in [6.07, 6.45) is 0.435. The summed E-state index contributed by atoms with van der Waals surface area (Å²) >= 11 is 0. The maximum Gasteiger partial charge on any atom is 0.0894 e. The molecule has 0 bridgehead atoms. The lowest BCUT2D eigenvalue weighted by Crippen LogP contribution is -2.33. The third-order valence-corrected chi connectivity index (χ3v) is 2.34. The van der Waals surface area contributed by atoms with Gasteiger partial charge in [0.2, 0.25) is 0 Å². The second kappa shape index (κ2) is 8.17. The normalized spacial score (nSPS) is 13.9. The van der Waals surface area contributed by atoms with Crippen LogP contribution in [0.4, 0.5) is 0 Å². The molecule has 0 fully saturated rings. The number of aliphatic hydroxyl groups is 2. The molecule has 14 heavy (non-hydrogen) atoms. The smallest absolute Gasteiger partial charge is 0.0894 e. The van der Waals surface area contributed by atoms with Crippen molar-refractivity contribution in [2.75, 3.05) is 33.3 Å². The van der Waals surface area contributed by atoms with Crippen LogP contribution in [-0.4, -0.2) is 60.5 Å². The highest BCUT2D eigenvalue weighted by Crippen LogP contribution is 1.94. The quantitative estimate of drug-likeness (QED) is 0.473.